The zero-order valence-electron chi connectivity index (χ0n) is 11.9. The third-order valence-electron chi connectivity index (χ3n) is 5.86. The van der Waals surface area contributed by atoms with Gasteiger partial charge in [0, 0.05) is 5.41 Å². The second-order valence-corrected chi connectivity index (χ2v) is 7.25. The van der Waals surface area contributed by atoms with E-state index in [2.05, 4.69) is 22.4 Å². The Bertz CT molecular complexity index is 443. The third kappa shape index (κ3) is 1.76. The largest absolute Gasteiger partial charge is 0.311 e. The highest BCUT2D eigenvalue weighted by atomic mass is 15.2. The fourth-order valence-corrected chi connectivity index (χ4v) is 5.23. The van der Waals surface area contributed by atoms with E-state index >= 15 is 0 Å². The van der Waals surface area contributed by atoms with Crippen LogP contribution >= 0.6 is 0 Å². The summed E-state index contributed by atoms with van der Waals surface area (Å²) in [4.78, 5) is 4.84. The average molecular weight is 260 g/mol. The van der Waals surface area contributed by atoms with E-state index in [1.807, 2.05) is 7.05 Å². The van der Waals surface area contributed by atoms with E-state index in [0.717, 1.165) is 29.4 Å². The van der Waals surface area contributed by atoms with Crippen LogP contribution in [-0.2, 0) is 5.41 Å². The highest BCUT2D eigenvalue weighted by Crippen LogP contribution is 2.60. The van der Waals surface area contributed by atoms with Crippen LogP contribution < -0.4 is 5.32 Å². The zero-order chi connectivity index (χ0) is 13.0. The van der Waals surface area contributed by atoms with Gasteiger partial charge in [-0.1, -0.05) is 0 Å². The molecule has 4 aliphatic carbocycles. The fourth-order valence-electron chi connectivity index (χ4n) is 5.23. The van der Waals surface area contributed by atoms with Gasteiger partial charge in [-0.2, -0.15) is 5.10 Å². The molecule has 1 aromatic heterocycles. The predicted octanol–water partition coefficient (Wildman–Crippen LogP) is 2.55. The van der Waals surface area contributed by atoms with Crippen molar-refractivity contribution >= 4 is 0 Å². The molecule has 1 heterocycles. The Morgan fingerprint density at radius 1 is 1.16 bits per heavy atom. The molecule has 2 N–H and O–H groups in total. The van der Waals surface area contributed by atoms with Gasteiger partial charge in [-0.25, -0.2) is 4.98 Å². The lowest BCUT2D eigenvalue weighted by Gasteiger charge is -2.55. The second kappa shape index (κ2) is 4.05. The van der Waals surface area contributed by atoms with Gasteiger partial charge in [0.05, 0.1) is 6.04 Å². The van der Waals surface area contributed by atoms with Crippen molar-refractivity contribution in [2.24, 2.45) is 17.8 Å². The van der Waals surface area contributed by atoms with Gasteiger partial charge in [-0.15, -0.1) is 0 Å². The van der Waals surface area contributed by atoms with E-state index in [9.17, 15) is 0 Å². The first-order chi connectivity index (χ1) is 9.18. The number of aromatic amines is 1. The number of H-pyrrole nitrogens is 1. The lowest BCUT2D eigenvalue weighted by molar-refractivity contribution is -0.00926. The molecule has 4 heteroatoms. The molecule has 19 heavy (non-hydrogen) atoms. The van der Waals surface area contributed by atoms with Crippen molar-refractivity contribution < 1.29 is 0 Å². The molecule has 1 atom stereocenters. The van der Waals surface area contributed by atoms with Gasteiger partial charge in [0.2, 0.25) is 0 Å². The molecule has 0 amide bonds. The summed E-state index contributed by atoms with van der Waals surface area (Å²) in [5.41, 5.74) is 0.316. The average Bonchev–Trinajstić information content (AvgIpc) is 2.86. The molecule has 0 aromatic carbocycles. The van der Waals surface area contributed by atoms with E-state index in [1.165, 1.54) is 38.5 Å². The monoisotopic (exact) mass is 260 g/mol. The van der Waals surface area contributed by atoms with Crippen molar-refractivity contribution in [3.8, 4) is 0 Å². The van der Waals surface area contributed by atoms with Crippen LogP contribution in [0.5, 0.6) is 0 Å². The van der Waals surface area contributed by atoms with Crippen molar-refractivity contribution in [2.45, 2.75) is 56.9 Å². The lowest BCUT2D eigenvalue weighted by Crippen LogP contribution is -2.49. The van der Waals surface area contributed by atoms with E-state index in [4.69, 9.17) is 4.98 Å². The number of nitrogens with zero attached hydrogens (tertiary/aromatic N) is 2. The minimum absolute atomic E-state index is 0.259. The molecule has 4 aliphatic rings. The fraction of sp³-hybridized carbons (Fsp3) is 0.867. The molecule has 4 bridgehead atoms. The Labute approximate surface area is 114 Å². The Morgan fingerprint density at radius 2 is 1.74 bits per heavy atom. The molecular weight excluding hydrogens is 236 g/mol. The van der Waals surface area contributed by atoms with Crippen molar-refractivity contribution in [2.75, 3.05) is 7.05 Å². The maximum absolute atomic E-state index is 4.84. The van der Waals surface area contributed by atoms with Gasteiger partial charge in [-0.3, -0.25) is 5.10 Å². The molecule has 4 fully saturated rings. The molecule has 0 aliphatic heterocycles. The van der Waals surface area contributed by atoms with Crippen LogP contribution in [0.25, 0.3) is 0 Å². The van der Waals surface area contributed by atoms with Gasteiger partial charge < -0.3 is 5.32 Å². The number of hydrogen-bond acceptors (Lipinski definition) is 3. The van der Waals surface area contributed by atoms with Gasteiger partial charge in [0.25, 0.3) is 0 Å². The highest BCUT2D eigenvalue weighted by molar-refractivity contribution is 5.17. The summed E-state index contributed by atoms with van der Waals surface area (Å²) >= 11 is 0. The van der Waals surface area contributed by atoms with Crippen molar-refractivity contribution in [1.29, 1.82) is 0 Å². The Kier molecular flexibility index (Phi) is 2.53. The SMILES string of the molecule is CNC(C)c1nc(C23CC4CC(CC(C4)C2)C3)n[nH]1. The zero-order valence-corrected chi connectivity index (χ0v) is 11.9. The quantitative estimate of drug-likeness (QED) is 0.878. The smallest absolute Gasteiger partial charge is 0.156 e. The summed E-state index contributed by atoms with van der Waals surface area (Å²) in [6.45, 7) is 2.13. The molecule has 4 nitrogen and oxygen atoms in total. The van der Waals surface area contributed by atoms with E-state index < -0.39 is 0 Å². The number of rotatable bonds is 3. The molecule has 4 saturated carbocycles. The summed E-state index contributed by atoms with van der Waals surface area (Å²) in [6.07, 6.45) is 8.44. The summed E-state index contributed by atoms with van der Waals surface area (Å²) in [7, 11) is 1.97. The first-order valence-electron chi connectivity index (χ1n) is 7.78. The van der Waals surface area contributed by atoms with E-state index in [0.29, 0.717) is 5.41 Å². The van der Waals surface area contributed by atoms with E-state index in [1.54, 1.807) is 0 Å². The molecule has 0 saturated heterocycles. The first kappa shape index (κ1) is 11.9. The van der Waals surface area contributed by atoms with Gasteiger partial charge in [0.15, 0.2) is 5.82 Å². The molecule has 1 unspecified atom stereocenters. The van der Waals surface area contributed by atoms with Crippen molar-refractivity contribution in [3.05, 3.63) is 11.6 Å². The Hall–Kier alpha value is -0.900. The molecule has 104 valence electrons. The van der Waals surface area contributed by atoms with Crippen LogP contribution in [0.3, 0.4) is 0 Å². The lowest BCUT2D eigenvalue weighted by atomic mass is 9.49. The molecular formula is C15H24N4. The van der Waals surface area contributed by atoms with Crippen LogP contribution in [-0.4, -0.2) is 22.2 Å². The molecule has 5 rings (SSSR count). The van der Waals surface area contributed by atoms with E-state index in [-0.39, 0.29) is 6.04 Å². The summed E-state index contributed by atoms with van der Waals surface area (Å²) in [5.74, 6) is 4.97. The van der Waals surface area contributed by atoms with Crippen molar-refractivity contribution in [3.63, 3.8) is 0 Å². The van der Waals surface area contributed by atoms with Crippen LogP contribution in [0.1, 0.15) is 63.1 Å². The first-order valence-corrected chi connectivity index (χ1v) is 7.78. The van der Waals surface area contributed by atoms with Gasteiger partial charge in [-0.05, 0) is 70.3 Å². The van der Waals surface area contributed by atoms with Gasteiger partial charge >= 0.3 is 0 Å². The van der Waals surface area contributed by atoms with Crippen LogP contribution in [0.2, 0.25) is 0 Å². The molecule has 1 aromatic rings. The van der Waals surface area contributed by atoms with Crippen LogP contribution in [0, 0.1) is 17.8 Å². The minimum atomic E-state index is 0.259. The normalized spacial score (nSPS) is 41.7. The maximum atomic E-state index is 4.84. The maximum Gasteiger partial charge on any atom is 0.156 e. The van der Waals surface area contributed by atoms with Gasteiger partial charge in [0.1, 0.15) is 5.82 Å². The third-order valence-corrected chi connectivity index (χ3v) is 5.86. The number of hydrogen-bond donors (Lipinski definition) is 2. The van der Waals surface area contributed by atoms with Crippen LogP contribution in [0.15, 0.2) is 0 Å². The standard InChI is InChI=1S/C15H24N4/c1-9(16-2)13-17-14(19-18-13)15-6-10-3-11(7-15)5-12(4-10)8-15/h9-12,16H,3-8H2,1-2H3,(H,17,18,19). The summed E-state index contributed by atoms with van der Waals surface area (Å²) in [5, 5.41) is 11.0. The molecule has 0 radical (unpaired) electrons. The summed E-state index contributed by atoms with van der Waals surface area (Å²) in [6, 6.07) is 0.259. The predicted molar refractivity (Wildman–Crippen MR) is 73.7 cm³/mol. The van der Waals surface area contributed by atoms with Crippen LogP contribution in [0.4, 0.5) is 0 Å². The second-order valence-electron chi connectivity index (χ2n) is 7.25. The number of nitrogens with one attached hydrogen (secondary N) is 2. The van der Waals surface area contributed by atoms with Crippen molar-refractivity contribution in [1.82, 2.24) is 20.5 Å². The minimum Gasteiger partial charge on any atom is -0.311 e. The highest BCUT2D eigenvalue weighted by Gasteiger charge is 2.53. The topological polar surface area (TPSA) is 53.6 Å². The summed E-state index contributed by atoms with van der Waals surface area (Å²) < 4.78 is 0. The molecule has 0 spiro atoms. The number of aromatic nitrogens is 3. The Balaban J connectivity index is 1.66. The Morgan fingerprint density at radius 3 is 2.26 bits per heavy atom.